The van der Waals surface area contributed by atoms with Crippen molar-refractivity contribution in [2.45, 2.75) is 37.6 Å². The van der Waals surface area contributed by atoms with Gasteiger partial charge in [0, 0.05) is 12.7 Å². The highest BCUT2D eigenvalue weighted by molar-refractivity contribution is 7.90. The zero-order valence-corrected chi connectivity index (χ0v) is 14.1. The van der Waals surface area contributed by atoms with Crippen LogP contribution in [0.3, 0.4) is 0 Å². The molecule has 0 saturated carbocycles. The molecule has 0 fully saturated rings. The highest BCUT2D eigenvalue weighted by Gasteiger charge is 2.10. The fourth-order valence-electron chi connectivity index (χ4n) is 2.25. The van der Waals surface area contributed by atoms with E-state index in [0.29, 0.717) is 4.90 Å². The van der Waals surface area contributed by atoms with Crippen LogP contribution in [-0.2, 0) is 22.7 Å². The van der Waals surface area contributed by atoms with Crippen molar-refractivity contribution in [2.75, 3.05) is 12.8 Å². The molecule has 22 heavy (non-hydrogen) atoms. The van der Waals surface area contributed by atoms with Crippen molar-refractivity contribution in [2.24, 2.45) is 0 Å². The summed E-state index contributed by atoms with van der Waals surface area (Å²) < 4.78 is 28.5. The minimum atomic E-state index is -3.12. The second kappa shape index (κ2) is 7.11. The van der Waals surface area contributed by atoms with Gasteiger partial charge < -0.3 is 9.73 Å². The highest BCUT2D eigenvalue weighted by atomic mass is 32.2. The molecule has 2 aromatic rings. The van der Waals surface area contributed by atoms with E-state index in [1.165, 1.54) is 6.26 Å². The van der Waals surface area contributed by atoms with Crippen LogP contribution < -0.4 is 5.32 Å². The van der Waals surface area contributed by atoms with E-state index in [2.05, 4.69) is 19.2 Å². The van der Waals surface area contributed by atoms with Gasteiger partial charge in [-0.15, -0.1) is 0 Å². The van der Waals surface area contributed by atoms with Crippen LogP contribution in [-0.4, -0.2) is 21.2 Å². The Labute approximate surface area is 132 Å². The lowest BCUT2D eigenvalue weighted by Crippen LogP contribution is -2.21. The first-order valence-electron chi connectivity index (χ1n) is 7.51. The number of benzene rings is 1. The largest absolute Gasteiger partial charge is 0.464 e. The predicted octanol–water partition coefficient (Wildman–Crippen LogP) is 3.14. The zero-order chi connectivity index (χ0) is 16.2. The zero-order valence-electron chi connectivity index (χ0n) is 13.3. The van der Waals surface area contributed by atoms with Crippen molar-refractivity contribution in [3.8, 4) is 0 Å². The first kappa shape index (κ1) is 16.8. The molecule has 0 aliphatic heterocycles. The number of rotatable bonds is 7. The molecule has 0 saturated heterocycles. The fourth-order valence-corrected chi connectivity index (χ4v) is 2.88. The summed E-state index contributed by atoms with van der Waals surface area (Å²) in [4.78, 5) is 0.361. The average molecular weight is 321 g/mol. The molecule has 2 rings (SSSR count). The molecule has 4 nitrogen and oxygen atoms in total. The summed E-state index contributed by atoms with van der Waals surface area (Å²) in [5, 5.41) is 3.42. The molecule has 1 aromatic heterocycles. The molecule has 1 heterocycles. The van der Waals surface area contributed by atoms with E-state index >= 15 is 0 Å². The third-order valence-electron chi connectivity index (χ3n) is 3.67. The molecule has 120 valence electrons. The van der Waals surface area contributed by atoms with Gasteiger partial charge >= 0.3 is 0 Å². The topological polar surface area (TPSA) is 59.3 Å². The monoisotopic (exact) mass is 321 g/mol. The van der Waals surface area contributed by atoms with Crippen molar-refractivity contribution < 1.29 is 12.8 Å². The van der Waals surface area contributed by atoms with E-state index in [0.717, 1.165) is 36.5 Å². The van der Waals surface area contributed by atoms with Crippen LogP contribution >= 0.6 is 0 Å². The summed E-state index contributed by atoms with van der Waals surface area (Å²) in [5.74, 6) is 1.95. The van der Waals surface area contributed by atoms with E-state index in [1.807, 2.05) is 24.3 Å². The van der Waals surface area contributed by atoms with Crippen molar-refractivity contribution >= 4 is 9.84 Å². The standard InChI is InChI=1S/C17H23NO3S/c1-4-15-7-10-17(21-15)13(2)18-12-11-14-5-8-16(9-6-14)22(3,19)20/h5-10,13,18H,4,11-12H2,1-3H3/t13-/m0/s1. The van der Waals surface area contributed by atoms with Crippen LogP contribution in [0.25, 0.3) is 0 Å². The van der Waals surface area contributed by atoms with Gasteiger partial charge in [-0.2, -0.15) is 0 Å². The molecule has 1 N–H and O–H groups in total. The maximum Gasteiger partial charge on any atom is 0.175 e. The normalized spacial score (nSPS) is 13.2. The first-order valence-corrected chi connectivity index (χ1v) is 9.40. The fraction of sp³-hybridized carbons (Fsp3) is 0.412. The lowest BCUT2D eigenvalue weighted by Gasteiger charge is -2.11. The van der Waals surface area contributed by atoms with Crippen LogP contribution in [0.1, 0.15) is 37.0 Å². The van der Waals surface area contributed by atoms with E-state index in [4.69, 9.17) is 4.42 Å². The Morgan fingerprint density at radius 3 is 2.36 bits per heavy atom. The van der Waals surface area contributed by atoms with Gasteiger partial charge in [0.1, 0.15) is 11.5 Å². The van der Waals surface area contributed by atoms with Gasteiger partial charge in [0.25, 0.3) is 0 Å². The number of hydrogen-bond donors (Lipinski definition) is 1. The summed E-state index contributed by atoms with van der Waals surface area (Å²) >= 11 is 0. The second-order valence-electron chi connectivity index (χ2n) is 5.50. The molecule has 0 bridgehead atoms. The molecule has 0 spiro atoms. The molecule has 1 aromatic carbocycles. The van der Waals surface area contributed by atoms with Crippen molar-refractivity contribution in [3.05, 3.63) is 53.5 Å². The van der Waals surface area contributed by atoms with Gasteiger partial charge in [-0.1, -0.05) is 19.1 Å². The summed E-state index contributed by atoms with van der Waals surface area (Å²) in [6.45, 7) is 4.95. The van der Waals surface area contributed by atoms with Crippen molar-refractivity contribution in [1.82, 2.24) is 5.32 Å². The van der Waals surface area contributed by atoms with Gasteiger partial charge in [-0.05, 0) is 49.7 Å². The van der Waals surface area contributed by atoms with Gasteiger partial charge in [0.05, 0.1) is 10.9 Å². The van der Waals surface area contributed by atoms with Gasteiger partial charge in [0.15, 0.2) is 9.84 Å². The minimum Gasteiger partial charge on any atom is -0.464 e. The number of sulfone groups is 1. The van der Waals surface area contributed by atoms with Crippen LogP contribution in [0.5, 0.6) is 0 Å². The van der Waals surface area contributed by atoms with Crippen LogP contribution in [0, 0.1) is 0 Å². The summed E-state index contributed by atoms with van der Waals surface area (Å²) in [7, 11) is -3.12. The quantitative estimate of drug-likeness (QED) is 0.851. The Kier molecular flexibility index (Phi) is 5.42. The molecule has 0 radical (unpaired) electrons. The number of nitrogens with one attached hydrogen (secondary N) is 1. The molecule has 1 atom stereocenters. The Bertz CT molecular complexity index is 702. The van der Waals surface area contributed by atoms with E-state index in [1.54, 1.807) is 12.1 Å². The van der Waals surface area contributed by atoms with Crippen molar-refractivity contribution in [1.29, 1.82) is 0 Å². The number of hydrogen-bond acceptors (Lipinski definition) is 4. The molecule has 0 aliphatic rings. The van der Waals surface area contributed by atoms with Crippen molar-refractivity contribution in [3.63, 3.8) is 0 Å². The summed E-state index contributed by atoms with van der Waals surface area (Å²) in [6, 6.07) is 11.2. The maximum absolute atomic E-state index is 11.4. The Hall–Kier alpha value is -1.59. The lowest BCUT2D eigenvalue weighted by atomic mass is 10.1. The SMILES string of the molecule is CCc1ccc([C@H](C)NCCc2ccc(S(C)(=O)=O)cc2)o1. The number of aryl methyl sites for hydroxylation is 1. The second-order valence-corrected chi connectivity index (χ2v) is 7.52. The van der Waals surface area contributed by atoms with E-state index < -0.39 is 9.84 Å². The third kappa shape index (κ3) is 4.45. The molecular formula is C17H23NO3S. The molecule has 5 heteroatoms. The number of furan rings is 1. The van der Waals surface area contributed by atoms with Gasteiger partial charge in [0.2, 0.25) is 0 Å². The van der Waals surface area contributed by atoms with Gasteiger partial charge in [-0.3, -0.25) is 0 Å². The predicted molar refractivity (Wildman–Crippen MR) is 87.8 cm³/mol. The van der Waals surface area contributed by atoms with Crippen LogP contribution in [0.2, 0.25) is 0 Å². The smallest absolute Gasteiger partial charge is 0.175 e. The van der Waals surface area contributed by atoms with E-state index in [-0.39, 0.29) is 6.04 Å². The third-order valence-corrected chi connectivity index (χ3v) is 4.80. The minimum absolute atomic E-state index is 0.163. The molecular weight excluding hydrogens is 298 g/mol. The Morgan fingerprint density at radius 1 is 1.14 bits per heavy atom. The Balaban J connectivity index is 1.85. The van der Waals surface area contributed by atoms with Crippen LogP contribution in [0.15, 0.2) is 45.7 Å². The summed E-state index contributed by atoms with van der Waals surface area (Å²) in [6.07, 6.45) is 2.97. The summed E-state index contributed by atoms with van der Waals surface area (Å²) in [5.41, 5.74) is 1.11. The van der Waals surface area contributed by atoms with E-state index in [9.17, 15) is 8.42 Å². The average Bonchev–Trinajstić information content (AvgIpc) is 2.96. The molecule has 0 unspecified atom stereocenters. The highest BCUT2D eigenvalue weighted by Crippen LogP contribution is 2.16. The maximum atomic E-state index is 11.4. The van der Waals surface area contributed by atoms with Gasteiger partial charge in [-0.25, -0.2) is 8.42 Å². The van der Waals surface area contributed by atoms with Crippen LogP contribution in [0.4, 0.5) is 0 Å². The Morgan fingerprint density at radius 2 is 1.82 bits per heavy atom. The first-order chi connectivity index (χ1) is 10.4. The molecule has 0 amide bonds. The molecule has 0 aliphatic carbocycles. The lowest BCUT2D eigenvalue weighted by molar-refractivity contribution is 0.410.